The molecule has 2 aliphatic carbocycles. The van der Waals surface area contributed by atoms with Gasteiger partial charge in [0.15, 0.2) is 0 Å². The molecule has 0 aliphatic heterocycles. The SMILES string of the molecule is C[Si](C)=[Zr+2].Cc1ccc(-c2cc(C)cc3[cH-]c(CC4CCCCC4)cc23)cc1.Cc1ccc(-c2cc(C)cc3[cH-]c(CC4CCCCC4)cc23)cc1.[Cl-].[Cl-]. The number of rotatable bonds is 6. The summed E-state index contributed by atoms with van der Waals surface area (Å²) in [5.74, 6) is 1.80. The van der Waals surface area contributed by atoms with Gasteiger partial charge in [-0.25, -0.2) is 0 Å². The van der Waals surface area contributed by atoms with Gasteiger partial charge in [-0.3, -0.25) is 0 Å². The van der Waals surface area contributed by atoms with Gasteiger partial charge in [-0.15, -0.1) is 56.9 Å². The van der Waals surface area contributed by atoms with Crippen LogP contribution in [0.2, 0.25) is 13.1 Å². The molecular formula is C50H60Cl2SiZr-2. The summed E-state index contributed by atoms with van der Waals surface area (Å²) < 4.78 is 0. The Kier molecular flexibility index (Phi) is 17.6. The molecule has 0 N–H and O–H groups in total. The Morgan fingerprint density at radius 1 is 0.500 bits per heavy atom. The molecule has 2 aliphatic rings. The predicted octanol–water partition coefficient (Wildman–Crippen LogP) is 8.72. The van der Waals surface area contributed by atoms with Crippen molar-refractivity contribution in [3.8, 4) is 22.3 Å². The molecule has 8 rings (SSSR count). The number of halogens is 2. The minimum Gasteiger partial charge on any atom is -1.00 e. The van der Waals surface area contributed by atoms with Crippen LogP contribution < -0.4 is 24.8 Å². The third-order valence-corrected chi connectivity index (χ3v) is 11.3. The van der Waals surface area contributed by atoms with Crippen molar-refractivity contribution >= 4 is 27.0 Å². The molecule has 0 spiro atoms. The molecule has 0 atom stereocenters. The van der Waals surface area contributed by atoms with Crippen LogP contribution >= 0.6 is 0 Å². The quantitative estimate of drug-likeness (QED) is 0.116. The van der Waals surface area contributed by atoms with E-state index in [1.165, 1.54) is 154 Å². The summed E-state index contributed by atoms with van der Waals surface area (Å²) >= 11 is 1.74. The predicted molar refractivity (Wildman–Crippen MR) is 227 cm³/mol. The molecular weight excluding hydrogens is 791 g/mol. The normalized spacial score (nSPS) is 14.7. The van der Waals surface area contributed by atoms with Crippen LogP contribution in [0.4, 0.5) is 0 Å². The van der Waals surface area contributed by atoms with E-state index in [9.17, 15) is 0 Å². The van der Waals surface area contributed by atoms with Crippen molar-refractivity contribution in [3.63, 3.8) is 0 Å². The second-order valence-corrected chi connectivity index (χ2v) is 25.9. The summed E-state index contributed by atoms with van der Waals surface area (Å²) in [5, 5.41) is 5.68. The minimum absolute atomic E-state index is 0. The molecule has 2 saturated carbocycles. The van der Waals surface area contributed by atoms with Gasteiger partial charge in [0.25, 0.3) is 0 Å². The molecule has 0 aromatic heterocycles. The van der Waals surface area contributed by atoms with Gasteiger partial charge in [0.05, 0.1) is 0 Å². The first-order valence-corrected chi connectivity index (χ1v) is 26.4. The van der Waals surface area contributed by atoms with Gasteiger partial charge in [-0.05, 0) is 63.5 Å². The van der Waals surface area contributed by atoms with E-state index in [1.54, 1.807) is 23.3 Å². The van der Waals surface area contributed by atoms with Crippen LogP contribution in [0.15, 0.2) is 97.1 Å². The summed E-state index contributed by atoms with van der Waals surface area (Å²) in [4.78, 5) is 0. The summed E-state index contributed by atoms with van der Waals surface area (Å²) in [5.41, 5.74) is 14.1. The number of aryl methyl sites for hydroxylation is 4. The smallest absolute Gasteiger partial charge is 0.0279 e. The van der Waals surface area contributed by atoms with E-state index in [0.717, 1.165) is 11.8 Å². The summed E-state index contributed by atoms with van der Waals surface area (Å²) in [6, 6.07) is 37.1. The number of hydrogen-bond acceptors (Lipinski definition) is 0. The first-order valence-electron chi connectivity index (χ1n) is 20.2. The fourth-order valence-electron chi connectivity index (χ4n) is 8.69. The molecule has 2 fully saturated rings. The molecule has 0 nitrogen and oxygen atoms in total. The van der Waals surface area contributed by atoms with E-state index in [0.29, 0.717) is 0 Å². The molecule has 54 heavy (non-hydrogen) atoms. The molecule has 0 unspecified atom stereocenters. The molecule has 0 heterocycles. The zero-order chi connectivity index (χ0) is 36.6. The minimum atomic E-state index is 0. The van der Waals surface area contributed by atoms with Gasteiger partial charge < -0.3 is 24.8 Å². The Bertz CT molecular complexity index is 1920. The Labute approximate surface area is 354 Å². The second kappa shape index (κ2) is 21.3. The monoisotopic (exact) mass is 848 g/mol. The Hall–Kier alpha value is -2.22. The average Bonchev–Trinajstić information content (AvgIpc) is 3.72. The largest absolute Gasteiger partial charge is 1.00 e. The van der Waals surface area contributed by atoms with Crippen molar-refractivity contribution in [2.24, 2.45) is 11.8 Å². The molecule has 284 valence electrons. The standard InChI is InChI=1S/2C24H27.C2H6Si.2ClH.Zr/c2*1-17-8-10-21(11-9-17)23-13-18(2)12-22-15-20(16-24(22)23)14-19-6-4-3-5-7-19;1-3-2;;;/h2*8-13,15-16,19H,3-7,14H2,1-2H3;1-2H3;2*1H;/q2*-1;;;;+2/p-2. The van der Waals surface area contributed by atoms with Crippen molar-refractivity contribution in [3.05, 3.63) is 130 Å². The van der Waals surface area contributed by atoms with Gasteiger partial charge in [0, 0.05) is 0 Å². The van der Waals surface area contributed by atoms with E-state index >= 15 is 0 Å². The van der Waals surface area contributed by atoms with E-state index in [-0.39, 0.29) is 30.2 Å². The maximum atomic E-state index is 2.46. The molecule has 0 radical (unpaired) electrons. The van der Waals surface area contributed by atoms with Gasteiger partial charge >= 0.3 is 41.9 Å². The summed E-state index contributed by atoms with van der Waals surface area (Å²) in [7, 11) is 0. The summed E-state index contributed by atoms with van der Waals surface area (Å²) in [6.45, 7) is 13.3. The maximum Gasteiger partial charge on any atom is -0.0279 e. The van der Waals surface area contributed by atoms with Crippen LogP contribution in [-0.2, 0) is 36.2 Å². The Morgan fingerprint density at radius 2 is 0.833 bits per heavy atom. The Balaban J connectivity index is 0.000000212. The molecule has 6 aromatic rings. The zero-order valence-corrected chi connectivity index (χ0v) is 38.6. The van der Waals surface area contributed by atoms with Crippen molar-refractivity contribution < 1.29 is 48.1 Å². The van der Waals surface area contributed by atoms with Gasteiger partial charge in [-0.2, -0.15) is 12.1 Å². The van der Waals surface area contributed by atoms with Gasteiger partial charge in [0.1, 0.15) is 0 Å². The second-order valence-electron chi connectivity index (χ2n) is 16.5. The molecule has 0 saturated heterocycles. The summed E-state index contributed by atoms with van der Waals surface area (Å²) in [6.07, 6.45) is 16.8. The van der Waals surface area contributed by atoms with Crippen LogP contribution in [0.5, 0.6) is 0 Å². The van der Waals surface area contributed by atoms with Crippen LogP contribution in [0, 0.1) is 39.5 Å². The van der Waals surface area contributed by atoms with E-state index in [2.05, 4.69) is 138 Å². The number of benzene rings is 4. The topological polar surface area (TPSA) is 0 Å². The van der Waals surface area contributed by atoms with Crippen LogP contribution in [0.25, 0.3) is 43.8 Å². The van der Waals surface area contributed by atoms with Crippen molar-refractivity contribution in [2.75, 3.05) is 0 Å². The molecule has 4 heteroatoms. The maximum absolute atomic E-state index is 2.46. The first-order chi connectivity index (χ1) is 25.1. The third-order valence-electron chi connectivity index (χ3n) is 11.3. The Morgan fingerprint density at radius 3 is 1.17 bits per heavy atom. The van der Waals surface area contributed by atoms with E-state index < -0.39 is 0 Å². The molecule has 0 bridgehead atoms. The molecule has 0 amide bonds. The van der Waals surface area contributed by atoms with Crippen LogP contribution in [0.1, 0.15) is 97.6 Å². The van der Waals surface area contributed by atoms with E-state index in [4.69, 9.17) is 0 Å². The van der Waals surface area contributed by atoms with Crippen molar-refractivity contribution in [1.29, 1.82) is 0 Å². The number of hydrogen-bond donors (Lipinski definition) is 0. The third kappa shape index (κ3) is 12.4. The molecule has 6 aromatic carbocycles. The van der Waals surface area contributed by atoms with Crippen LogP contribution in [0.3, 0.4) is 0 Å². The fourth-order valence-corrected chi connectivity index (χ4v) is 8.69. The van der Waals surface area contributed by atoms with E-state index in [1.807, 2.05) is 0 Å². The zero-order valence-electron chi connectivity index (χ0n) is 33.6. The van der Waals surface area contributed by atoms with Crippen molar-refractivity contribution in [2.45, 2.75) is 118 Å². The van der Waals surface area contributed by atoms with Crippen LogP contribution in [-0.4, -0.2) is 5.43 Å². The first kappa shape index (κ1) is 44.5. The van der Waals surface area contributed by atoms with Gasteiger partial charge in [0.2, 0.25) is 0 Å². The number of fused-ring (bicyclic) bond motifs is 2. The fraction of sp³-hybridized carbons (Fsp3) is 0.400. The van der Waals surface area contributed by atoms with Gasteiger partial charge in [-0.1, -0.05) is 158 Å². The van der Waals surface area contributed by atoms with Crippen molar-refractivity contribution in [1.82, 2.24) is 0 Å². The average molecular weight is 851 g/mol.